The van der Waals surface area contributed by atoms with Crippen molar-refractivity contribution in [2.75, 3.05) is 31.5 Å². The van der Waals surface area contributed by atoms with Crippen LogP contribution in [0.15, 0.2) is 59.5 Å². The Kier molecular flexibility index (Phi) is 5.74. The lowest BCUT2D eigenvalue weighted by molar-refractivity contribution is -0.0328. The second-order valence-corrected chi connectivity index (χ2v) is 8.75. The zero-order valence-corrected chi connectivity index (χ0v) is 16.5. The molecule has 0 radical (unpaired) electrons. The Balaban J connectivity index is 1.27. The molecule has 2 aromatic rings. The van der Waals surface area contributed by atoms with Gasteiger partial charge in [0.15, 0.2) is 0 Å². The summed E-state index contributed by atoms with van der Waals surface area (Å²) in [5.41, 5.74) is -2.51. The number of hydrogen-bond acceptors (Lipinski definition) is 3. The molecule has 4 nitrogen and oxygen atoms in total. The second kappa shape index (κ2) is 8.28. The number of likely N-dealkylation sites (tertiary alicyclic amines) is 2. The minimum atomic E-state index is -4.31. The Labute approximate surface area is 172 Å². The van der Waals surface area contributed by atoms with E-state index in [1.165, 1.54) is 29.8 Å². The first-order valence-electron chi connectivity index (χ1n) is 9.54. The van der Waals surface area contributed by atoms with Crippen molar-refractivity contribution >= 4 is 23.5 Å². The number of rotatable bonds is 4. The van der Waals surface area contributed by atoms with Gasteiger partial charge in [-0.05, 0) is 53.4 Å². The first kappa shape index (κ1) is 20.1. The van der Waals surface area contributed by atoms with E-state index in [1.54, 1.807) is 0 Å². The Morgan fingerprint density at radius 3 is 2.17 bits per heavy atom. The Morgan fingerprint density at radius 1 is 0.966 bits per heavy atom. The molecule has 2 saturated heterocycles. The molecule has 29 heavy (non-hydrogen) atoms. The summed E-state index contributed by atoms with van der Waals surface area (Å²) in [5.74, 6) is 0.935. The topological polar surface area (TPSA) is 35.6 Å². The van der Waals surface area contributed by atoms with Crippen molar-refractivity contribution in [1.82, 2.24) is 9.80 Å². The van der Waals surface area contributed by atoms with Crippen LogP contribution in [0.5, 0.6) is 0 Å². The second-order valence-electron chi connectivity index (χ2n) is 7.61. The van der Waals surface area contributed by atoms with Gasteiger partial charge in [0.05, 0.1) is 0 Å². The zero-order chi connectivity index (χ0) is 20.4. The lowest BCUT2D eigenvalue weighted by Crippen LogP contribution is -2.36. The fourth-order valence-electron chi connectivity index (χ4n) is 4.17. The molecule has 8 heteroatoms. The van der Waals surface area contributed by atoms with Crippen molar-refractivity contribution in [2.45, 2.75) is 16.9 Å². The van der Waals surface area contributed by atoms with E-state index in [0.717, 1.165) is 19.6 Å². The summed E-state index contributed by atoms with van der Waals surface area (Å²) >= 11 is -0.162. The Morgan fingerprint density at radius 2 is 1.59 bits per heavy atom. The monoisotopic (exact) mass is 421 g/mol. The molecule has 0 aromatic heterocycles. The molecular weight excluding hydrogens is 399 g/mol. The summed E-state index contributed by atoms with van der Waals surface area (Å²) < 4.78 is 37.2. The highest BCUT2D eigenvalue weighted by atomic mass is 32.2. The van der Waals surface area contributed by atoms with Crippen LogP contribution in [-0.4, -0.2) is 47.5 Å². The first-order chi connectivity index (χ1) is 13.9. The van der Waals surface area contributed by atoms with Crippen LogP contribution in [0.25, 0.3) is 0 Å². The predicted octanol–water partition coefficient (Wildman–Crippen LogP) is 4.89. The van der Waals surface area contributed by atoms with Gasteiger partial charge >= 0.3 is 11.5 Å². The highest BCUT2D eigenvalue weighted by molar-refractivity contribution is 8.00. The number of carbonyl (C=O) groups excluding carboxylic acids is 1. The number of fused-ring (bicyclic) bond motifs is 1. The third-order valence-electron chi connectivity index (χ3n) is 5.44. The van der Waals surface area contributed by atoms with Gasteiger partial charge in [0, 0.05) is 43.3 Å². The zero-order valence-electron chi connectivity index (χ0n) is 15.7. The van der Waals surface area contributed by atoms with Gasteiger partial charge in [0.1, 0.15) is 0 Å². The van der Waals surface area contributed by atoms with Crippen LogP contribution in [-0.2, 0) is 6.54 Å². The number of thioether (sulfide) groups is 1. The molecular formula is C21H22F3N3OS. The number of anilines is 1. The fourth-order valence-corrected chi connectivity index (χ4v) is 4.71. The van der Waals surface area contributed by atoms with E-state index < -0.39 is 5.51 Å². The number of nitrogens with zero attached hydrogens (tertiary/aromatic N) is 2. The molecule has 1 N–H and O–H groups in total. The summed E-state index contributed by atoms with van der Waals surface area (Å²) in [6.45, 7) is 4.31. The Hall–Kier alpha value is -2.19. The third kappa shape index (κ3) is 5.25. The van der Waals surface area contributed by atoms with Crippen molar-refractivity contribution in [3.05, 3.63) is 60.2 Å². The minimum Gasteiger partial charge on any atom is -0.324 e. The summed E-state index contributed by atoms with van der Waals surface area (Å²) in [5, 5.41) is 2.80. The number of nitrogens with one attached hydrogen (secondary N) is 1. The maximum absolute atomic E-state index is 12.5. The standard InChI is InChI=1S/C21H22F3N3OS/c22-21(23,24)29-19-8-6-18(7-9-19)25-20(28)27-13-16-11-26(12-17(16)14-27)10-15-4-2-1-3-5-15/h1-9,16-17H,10-14H2,(H,25,28)/t16-,17+. The summed E-state index contributed by atoms with van der Waals surface area (Å²) in [4.78, 5) is 16.9. The molecule has 2 heterocycles. The number of benzene rings is 2. The van der Waals surface area contributed by atoms with Crippen LogP contribution in [0, 0.1) is 11.8 Å². The normalized spacial score (nSPS) is 22.0. The molecule has 2 fully saturated rings. The molecule has 154 valence electrons. The molecule has 0 spiro atoms. The lowest BCUT2D eigenvalue weighted by Gasteiger charge is -2.22. The van der Waals surface area contributed by atoms with Crippen LogP contribution in [0.1, 0.15) is 5.56 Å². The molecule has 0 bridgehead atoms. The molecule has 0 unspecified atom stereocenters. The summed E-state index contributed by atoms with van der Waals surface area (Å²) in [6, 6.07) is 15.9. The van der Waals surface area contributed by atoms with Gasteiger partial charge in [-0.25, -0.2) is 4.79 Å². The van der Waals surface area contributed by atoms with Crippen LogP contribution >= 0.6 is 11.8 Å². The van der Waals surface area contributed by atoms with Crippen LogP contribution in [0.3, 0.4) is 0 Å². The maximum atomic E-state index is 12.5. The van der Waals surface area contributed by atoms with E-state index >= 15 is 0 Å². The highest BCUT2D eigenvalue weighted by Crippen LogP contribution is 2.37. The van der Waals surface area contributed by atoms with Gasteiger partial charge in [-0.1, -0.05) is 30.3 Å². The molecule has 2 aliphatic heterocycles. The van der Waals surface area contributed by atoms with Crippen LogP contribution < -0.4 is 5.32 Å². The number of amides is 2. The van der Waals surface area contributed by atoms with Gasteiger partial charge < -0.3 is 10.2 Å². The van der Waals surface area contributed by atoms with Gasteiger partial charge in [0.25, 0.3) is 0 Å². The molecule has 4 rings (SSSR count). The molecule has 0 saturated carbocycles. The van der Waals surface area contributed by atoms with Crippen molar-refractivity contribution in [3.63, 3.8) is 0 Å². The van der Waals surface area contributed by atoms with E-state index in [-0.39, 0.29) is 22.7 Å². The number of urea groups is 1. The predicted molar refractivity (Wildman–Crippen MR) is 108 cm³/mol. The fraction of sp³-hybridized carbons (Fsp3) is 0.381. The average Bonchev–Trinajstić information content (AvgIpc) is 3.21. The van der Waals surface area contributed by atoms with Crippen molar-refractivity contribution in [1.29, 1.82) is 0 Å². The highest BCUT2D eigenvalue weighted by Gasteiger charge is 2.41. The molecule has 0 aliphatic carbocycles. The van der Waals surface area contributed by atoms with Gasteiger partial charge in [-0.2, -0.15) is 13.2 Å². The van der Waals surface area contributed by atoms with Crippen molar-refractivity contribution in [3.8, 4) is 0 Å². The summed E-state index contributed by atoms with van der Waals surface area (Å²) in [6.07, 6.45) is 0. The Bertz CT molecular complexity index is 830. The van der Waals surface area contributed by atoms with Crippen molar-refractivity contribution < 1.29 is 18.0 Å². The van der Waals surface area contributed by atoms with E-state index in [0.29, 0.717) is 30.6 Å². The van der Waals surface area contributed by atoms with Crippen LogP contribution in [0.2, 0.25) is 0 Å². The van der Waals surface area contributed by atoms with E-state index in [1.807, 2.05) is 23.1 Å². The first-order valence-corrected chi connectivity index (χ1v) is 10.4. The lowest BCUT2D eigenvalue weighted by atomic mass is 10.0. The number of alkyl halides is 3. The quantitative estimate of drug-likeness (QED) is 0.714. The average molecular weight is 421 g/mol. The largest absolute Gasteiger partial charge is 0.446 e. The van der Waals surface area contributed by atoms with Gasteiger partial charge in [-0.15, -0.1) is 0 Å². The number of hydrogen-bond donors (Lipinski definition) is 1. The van der Waals surface area contributed by atoms with E-state index in [9.17, 15) is 18.0 Å². The van der Waals surface area contributed by atoms with E-state index in [4.69, 9.17) is 0 Å². The minimum absolute atomic E-state index is 0.102. The van der Waals surface area contributed by atoms with Gasteiger partial charge in [-0.3, -0.25) is 4.90 Å². The third-order valence-corrected chi connectivity index (χ3v) is 6.18. The molecule has 2 aromatic carbocycles. The molecule has 2 atom stereocenters. The molecule has 2 aliphatic rings. The van der Waals surface area contributed by atoms with Gasteiger partial charge in [0.2, 0.25) is 0 Å². The summed E-state index contributed by atoms with van der Waals surface area (Å²) in [7, 11) is 0. The van der Waals surface area contributed by atoms with Crippen molar-refractivity contribution in [2.24, 2.45) is 11.8 Å². The number of carbonyl (C=O) groups is 1. The SMILES string of the molecule is O=C(Nc1ccc(SC(F)(F)F)cc1)N1C[C@H]2CN(Cc3ccccc3)C[C@H]2C1. The van der Waals surface area contributed by atoms with E-state index in [2.05, 4.69) is 22.3 Å². The molecule has 2 amide bonds. The smallest absolute Gasteiger partial charge is 0.324 e. The van der Waals surface area contributed by atoms with Crippen LogP contribution in [0.4, 0.5) is 23.7 Å². The maximum Gasteiger partial charge on any atom is 0.446 e. The number of halogens is 3.